The lowest BCUT2D eigenvalue weighted by Gasteiger charge is -2.15. The van der Waals surface area contributed by atoms with Gasteiger partial charge in [0.1, 0.15) is 5.75 Å². The number of benzene rings is 1. The van der Waals surface area contributed by atoms with Crippen molar-refractivity contribution in [2.24, 2.45) is 0 Å². The number of rotatable bonds is 1. The maximum Gasteiger partial charge on any atom is 0.418 e. The number of fused-ring (bicyclic) bond motifs is 1. The van der Waals surface area contributed by atoms with Gasteiger partial charge in [-0.25, -0.2) is 4.98 Å². The number of hydrogen-bond acceptors (Lipinski definition) is 3. The lowest BCUT2D eigenvalue weighted by Crippen LogP contribution is -2.16. The van der Waals surface area contributed by atoms with E-state index in [-0.39, 0.29) is 29.9 Å². The molecule has 0 saturated carbocycles. The highest BCUT2D eigenvalue weighted by molar-refractivity contribution is 5.83. The maximum atomic E-state index is 13.1. The Kier molecular flexibility index (Phi) is 2.63. The molecule has 1 aromatic carbocycles. The average molecular weight is 285 g/mol. The number of carbonyl (C=O) groups is 1. The van der Waals surface area contributed by atoms with Crippen LogP contribution in [0.4, 0.5) is 13.2 Å². The van der Waals surface area contributed by atoms with Gasteiger partial charge in [-0.3, -0.25) is 4.79 Å². The number of aromatic nitrogens is 2. The Labute approximate surface area is 111 Å². The topological polar surface area (TPSA) is 67.2 Å². The summed E-state index contributed by atoms with van der Waals surface area (Å²) in [5, 5.41) is 11.9. The molecule has 106 valence electrons. The van der Waals surface area contributed by atoms with Crippen molar-refractivity contribution in [3.8, 4) is 5.75 Å². The smallest absolute Gasteiger partial charge is 0.418 e. The van der Waals surface area contributed by atoms with Crippen LogP contribution >= 0.6 is 0 Å². The molecule has 1 aliphatic heterocycles. The summed E-state index contributed by atoms with van der Waals surface area (Å²) >= 11 is 0. The van der Waals surface area contributed by atoms with Crippen molar-refractivity contribution in [2.75, 3.05) is 6.54 Å². The van der Waals surface area contributed by atoms with E-state index >= 15 is 0 Å². The van der Waals surface area contributed by atoms with E-state index in [1.54, 1.807) is 0 Å². The number of carbonyl (C=O) groups excluding carboxylic acids is 1. The molecule has 1 atom stereocenters. The molecule has 8 heteroatoms. The molecule has 0 bridgehead atoms. The molecule has 20 heavy (non-hydrogen) atoms. The summed E-state index contributed by atoms with van der Waals surface area (Å²) in [6, 6.07) is 1.44. The highest BCUT2D eigenvalue weighted by atomic mass is 19.4. The summed E-state index contributed by atoms with van der Waals surface area (Å²) in [6.07, 6.45) is -3.22. The highest BCUT2D eigenvalue weighted by Crippen LogP contribution is 2.38. The number of imidazole rings is 1. The number of halogens is 3. The summed E-state index contributed by atoms with van der Waals surface area (Å²) in [5.74, 6) is -0.695. The molecular weight excluding hydrogens is 275 g/mol. The second-order valence-electron chi connectivity index (χ2n) is 4.67. The van der Waals surface area contributed by atoms with Crippen molar-refractivity contribution < 1.29 is 23.1 Å². The summed E-state index contributed by atoms with van der Waals surface area (Å²) in [5.41, 5.74) is -1.02. The predicted molar refractivity (Wildman–Crippen MR) is 63.1 cm³/mol. The molecule has 1 unspecified atom stereocenters. The van der Waals surface area contributed by atoms with Gasteiger partial charge in [0, 0.05) is 19.0 Å². The Hall–Kier alpha value is -2.25. The zero-order valence-corrected chi connectivity index (χ0v) is 10.1. The average Bonchev–Trinajstić information content (AvgIpc) is 2.92. The molecule has 0 radical (unpaired) electrons. The quantitative estimate of drug-likeness (QED) is 0.840. The first kappa shape index (κ1) is 12.8. The first-order chi connectivity index (χ1) is 9.36. The second kappa shape index (κ2) is 4.12. The number of nitrogens with zero attached hydrogens (tertiary/aromatic N) is 2. The van der Waals surface area contributed by atoms with Crippen molar-refractivity contribution >= 4 is 16.9 Å². The van der Waals surface area contributed by atoms with E-state index in [0.717, 1.165) is 0 Å². The van der Waals surface area contributed by atoms with Crippen LogP contribution in [-0.4, -0.2) is 27.1 Å². The molecule has 0 spiro atoms. The lowest BCUT2D eigenvalue weighted by atomic mass is 10.1. The molecular formula is C12H10F3N3O2. The van der Waals surface area contributed by atoms with E-state index in [0.29, 0.717) is 6.07 Å². The highest BCUT2D eigenvalue weighted by Gasteiger charge is 2.36. The van der Waals surface area contributed by atoms with Crippen molar-refractivity contribution in [2.45, 2.75) is 18.6 Å². The van der Waals surface area contributed by atoms with Gasteiger partial charge in [0.15, 0.2) is 0 Å². The van der Waals surface area contributed by atoms with E-state index in [2.05, 4.69) is 10.3 Å². The molecule has 1 saturated heterocycles. The Balaban J connectivity index is 2.22. The zero-order chi connectivity index (χ0) is 14.5. The standard InChI is InChI=1S/C12H10F3N3O2/c13-12(14,15)8-2-7(19)3-9-11(8)18(5-17-9)6-1-10(20)16-4-6/h2-3,5-6,19H,1,4H2,(H,16,20). The second-order valence-corrected chi connectivity index (χ2v) is 4.67. The van der Waals surface area contributed by atoms with Crippen molar-refractivity contribution in [1.29, 1.82) is 0 Å². The third kappa shape index (κ3) is 1.97. The van der Waals surface area contributed by atoms with Crippen LogP contribution in [0.25, 0.3) is 11.0 Å². The fourth-order valence-electron chi connectivity index (χ4n) is 2.44. The Morgan fingerprint density at radius 2 is 2.15 bits per heavy atom. The van der Waals surface area contributed by atoms with Crippen molar-refractivity contribution in [3.63, 3.8) is 0 Å². The van der Waals surface area contributed by atoms with Crippen LogP contribution in [0.1, 0.15) is 18.0 Å². The van der Waals surface area contributed by atoms with Gasteiger partial charge in [-0.1, -0.05) is 0 Å². The molecule has 1 amide bonds. The molecule has 1 fully saturated rings. The van der Waals surface area contributed by atoms with Crippen LogP contribution in [0.15, 0.2) is 18.5 Å². The van der Waals surface area contributed by atoms with Crippen LogP contribution in [-0.2, 0) is 11.0 Å². The van der Waals surface area contributed by atoms with Gasteiger partial charge in [-0.2, -0.15) is 13.2 Å². The van der Waals surface area contributed by atoms with Crippen LogP contribution in [0.2, 0.25) is 0 Å². The summed E-state index contributed by atoms with van der Waals surface area (Å²) < 4.78 is 40.6. The van der Waals surface area contributed by atoms with Crippen LogP contribution in [0, 0.1) is 0 Å². The van der Waals surface area contributed by atoms with Crippen molar-refractivity contribution in [1.82, 2.24) is 14.9 Å². The first-order valence-electron chi connectivity index (χ1n) is 5.89. The summed E-state index contributed by atoms with van der Waals surface area (Å²) in [7, 11) is 0. The van der Waals surface area contributed by atoms with Crippen molar-refractivity contribution in [3.05, 3.63) is 24.0 Å². The molecule has 1 aromatic heterocycles. The van der Waals surface area contributed by atoms with Gasteiger partial charge in [-0.15, -0.1) is 0 Å². The van der Waals surface area contributed by atoms with E-state index in [9.17, 15) is 23.1 Å². The Bertz CT molecular complexity index is 693. The van der Waals surface area contributed by atoms with Crippen LogP contribution < -0.4 is 5.32 Å². The number of phenolic OH excluding ortho intramolecular Hbond substituents is 1. The zero-order valence-electron chi connectivity index (χ0n) is 10.1. The largest absolute Gasteiger partial charge is 0.508 e. The van der Waals surface area contributed by atoms with E-state index in [1.807, 2.05) is 0 Å². The van der Waals surface area contributed by atoms with Gasteiger partial charge in [0.05, 0.1) is 29.0 Å². The lowest BCUT2D eigenvalue weighted by molar-refractivity contribution is -0.136. The minimum absolute atomic E-state index is 0.0525. The third-order valence-electron chi connectivity index (χ3n) is 3.31. The summed E-state index contributed by atoms with van der Waals surface area (Å²) in [6.45, 7) is 0.266. The third-order valence-corrected chi connectivity index (χ3v) is 3.31. The van der Waals surface area contributed by atoms with E-state index < -0.39 is 23.5 Å². The minimum Gasteiger partial charge on any atom is -0.508 e. The SMILES string of the molecule is O=C1CC(n2cnc3cc(O)cc(C(F)(F)F)c32)CN1. The fourth-order valence-corrected chi connectivity index (χ4v) is 2.44. The number of nitrogens with one attached hydrogen (secondary N) is 1. The van der Waals surface area contributed by atoms with Gasteiger partial charge in [-0.05, 0) is 6.07 Å². The number of hydrogen-bond donors (Lipinski definition) is 2. The molecule has 1 aliphatic rings. The number of phenols is 1. The first-order valence-corrected chi connectivity index (χ1v) is 5.89. The van der Waals surface area contributed by atoms with Crippen LogP contribution in [0.3, 0.4) is 0 Å². The van der Waals surface area contributed by atoms with Crippen LogP contribution in [0.5, 0.6) is 5.75 Å². The molecule has 3 rings (SSSR count). The van der Waals surface area contributed by atoms with Gasteiger partial charge < -0.3 is 15.0 Å². The minimum atomic E-state index is -4.61. The predicted octanol–water partition coefficient (Wildman–Crippen LogP) is 1.82. The monoisotopic (exact) mass is 285 g/mol. The number of amides is 1. The Morgan fingerprint density at radius 1 is 1.40 bits per heavy atom. The number of alkyl halides is 3. The van der Waals surface area contributed by atoms with E-state index in [4.69, 9.17) is 0 Å². The molecule has 5 nitrogen and oxygen atoms in total. The normalized spacial score (nSPS) is 19.6. The molecule has 2 aromatic rings. The molecule has 0 aliphatic carbocycles. The van der Waals surface area contributed by atoms with E-state index in [1.165, 1.54) is 17.0 Å². The van der Waals surface area contributed by atoms with Gasteiger partial charge in [0.2, 0.25) is 5.91 Å². The molecule has 2 heterocycles. The fraction of sp³-hybridized carbons (Fsp3) is 0.333. The van der Waals surface area contributed by atoms with Gasteiger partial charge >= 0.3 is 6.18 Å². The Morgan fingerprint density at radius 3 is 2.75 bits per heavy atom. The summed E-state index contributed by atoms with van der Waals surface area (Å²) in [4.78, 5) is 15.1. The number of aromatic hydroxyl groups is 1. The maximum absolute atomic E-state index is 13.1. The molecule has 2 N–H and O–H groups in total. The van der Waals surface area contributed by atoms with Gasteiger partial charge in [0.25, 0.3) is 0 Å².